The summed E-state index contributed by atoms with van der Waals surface area (Å²) in [4.78, 5) is 2.56. The maximum absolute atomic E-state index is 5.95. The number of hydrogen-bond acceptors (Lipinski definition) is 2. The highest BCUT2D eigenvalue weighted by molar-refractivity contribution is 4.91. The normalized spacial score (nSPS) is 34.5. The van der Waals surface area contributed by atoms with Crippen molar-refractivity contribution in [1.82, 2.24) is 4.90 Å². The molecule has 3 atom stereocenters. The standard InChI is InChI=1S/C10H22N2/c1-7(2)12-8(3)5-6-10(12)9(4)11/h7-10H,5-6,11H2,1-4H3/t8-,9-,10-/m1/s1. The van der Waals surface area contributed by atoms with Crippen LogP contribution in [0.4, 0.5) is 0 Å². The SMILES string of the molecule is CC(C)N1[C@H](C)CC[C@@H]1[C@@H](C)N. The minimum Gasteiger partial charge on any atom is -0.327 e. The van der Waals surface area contributed by atoms with E-state index < -0.39 is 0 Å². The summed E-state index contributed by atoms with van der Waals surface area (Å²) in [7, 11) is 0. The van der Waals surface area contributed by atoms with Crippen molar-refractivity contribution >= 4 is 0 Å². The molecule has 1 fully saturated rings. The van der Waals surface area contributed by atoms with Gasteiger partial charge in [-0.1, -0.05) is 0 Å². The Morgan fingerprint density at radius 2 is 1.83 bits per heavy atom. The number of likely N-dealkylation sites (tertiary alicyclic amines) is 1. The number of nitrogens with zero attached hydrogens (tertiary/aromatic N) is 1. The second-order valence-corrected chi connectivity index (χ2v) is 4.39. The van der Waals surface area contributed by atoms with E-state index in [0.29, 0.717) is 18.1 Å². The van der Waals surface area contributed by atoms with E-state index in [1.54, 1.807) is 0 Å². The van der Waals surface area contributed by atoms with Gasteiger partial charge in [-0.05, 0) is 40.5 Å². The minimum atomic E-state index is 0.317. The summed E-state index contributed by atoms with van der Waals surface area (Å²) in [5, 5.41) is 0. The number of hydrogen-bond donors (Lipinski definition) is 1. The van der Waals surface area contributed by atoms with Gasteiger partial charge in [0.1, 0.15) is 0 Å². The van der Waals surface area contributed by atoms with Crippen molar-refractivity contribution in [3.63, 3.8) is 0 Å². The second kappa shape index (κ2) is 3.75. The summed E-state index contributed by atoms with van der Waals surface area (Å²) in [6.07, 6.45) is 2.58. The van der Waals surface area contributed by atoms with E-state index >= 15 is 0 Å². The first kappa shape index (κ1) is 10.0. The molecule has 0 spiro atoms. The van der Waals surface area contributed by atoms with Gasteiger partial charge in [0.2, 0.25) is 0 Å². The number of rotatable bonds is 2. The fraction of sp³-hybridized carbons (Fsp3) is 1.00. The van der Waals surface area contributed by atoms with Crippen LogP contribution in [0.5, 0.6) is 0 Å². The predicted octanol–water partition coefficient (Wildman–Crippen LogP) is 1.59. The zero-order valence-electron chi connectivity index (χ0n) is 8.75. The minimum absolute atomic E-state index is 0.317. The fourth-order valence-corrected chi connectivity index (χ4v) is 2.46. The van der Waals surface area contributed by atoms with Gasteiger partial charge >= 0.3 is 0 Å². The monoisotopic (exact) mass is 170 g/mol. The molecule has 0 aromatic carbocycles. The Labute approximate surface area is 76.1 Å². The van der Waals surface area contributed by atoms with Crippen LogP contribution in [0.3, 0.4) is 0 Å². The molecule has 2 N–H and O–H groups in total. The first-order valence-corrected chi connectivity index (χ1v) is 5.07. The molecule has 0 unspecified atom stereocenters. The van der Waals surface area contributed by atoms with Crippen LogP contribution < -0.4 is 5.73 Å². The molecule has 1 heterocycles. The third kappa shape index (κ3) is 1.80. The maximum atomic E-state index is 5.95. The molecule has 72 valence electrons. The van der Waals surface area contributed by atoms with Gasteiger partial charge in [0.05, 0.1) is 0 Å². The van der Waals surface area contributed by atoms with E-state index in [1.165, 1.54) is 12.8 Å². The molecule has 0 bridgehead atoms. The zero-order valence-corrected chi connectivity index (χ0v) is 8.75. The van der Waals surface area contributed by atoms with Gasteiger partial charge in [-0.2, -0.15) is 0 Å². The molecule has 0 aliphatic carbocycles. The lowest BCUT2D eigenvalue weighted by atomic mass is 10.1. The van der Waals surface area contributed by atoms with E-state index in [-0.39, 0.29) is 0 Å². The summed E-state index contributed by atoms with van der Waals surface area (Å²) in [6.45, 7) is 8.95. The van der Waals surface area contributed by atoms with Gasteiger partial charge < -0.3 is 5.73 Å². The molecule has 1 saturated heterocycles. The van der Waals surface area contributed by atoms with Gasteiger partial charge in [-0.3, -0.25) is 4.90 Å². The fourth-order valence-electron chi connectivity index (χ4n) is 2.46. The zero-order chi connectivity index (χ0) is 9.30. The van der Waals surface area contributed by atoms with Crippen molar-refractivity contribution < 1.29 is 0 Å². The van der Waals surface area contributed by atoms with Gasteiger partial charge in [-0.15, -0.1) is 0 Å². The highest BCUT2D eigenvalue weighted by Crippen LogP contribution is 2.27. The van der Waals surface area contributed by atoms with Crippen LogP contribution in [-0.2, 0) is 0 Å². The van der Waals surface area contributed by atoms with Gasteiger partial charge in [0.25, 0.3) is 0 Å². The molecule has 1 rings (SSSR count). The summed E-state index contributed by atoms with van der Waals surface area (Å²) < 4.78 is 0. The van der Waals surface area contributed by atoms with E-state index in [1.807, 2.05) is 0 Å². The third-order valence-electron chi connectivity index (χ3n) is 2.98. The van der Waals surface area contributed by atoms with Gasteiger partial charge in [-0.25, -0.2) is 0 Å². The lowest BCUT2D eigenvalue weighted by molar-refractivity contribution is 0.143. The Morgan fingerprint density at radius 3 is 2.17 bits per heavy atom. The van der Waals surface area contributed by atoms with Crippen LogP contribution in [0.25, 0.3) is 0 Å². The molecule has 2 heteroatoms. The summed E-state index contributed by atoms with van der Waals surface area (Å²) in [6, 6.07) is 2.29. The van der Waals surface area contributed by atoms with Crippen molar-refractivity contribution in [3.8, 4) is 0 Å². The van der Waals surface area contributed by atoms with Crippen molar-refractivity contribution in [2.24, 2.45) is 5.73 Å². The molecule has 0 aromatic rings. The largest absolute Gasteiger partial charge is 0.327 e. The van der Waals surface area contributed by atoms with Crippen molar-refractivity contribution in [3.05, 3.63) is 0 Å². The topological polar surface area (TPSA) is 29.3 Å². The molecule has 1 aliphatic rings. The number of nitrogens with two attached hydrogens (primary N) is 1. The quantitative estimate of drug-likeness (QED) is 0.682. The van der Waals surface area contributed by atoms with Crippen LogP contribution >= 0.6 is 0 Å². The van der Waals surface area contributed by atoms with Crippen LogP contribution in [0.15, 0.2) is 0 Å². The Balaban J connectivity index is 2.64. The molecule has 0 aromatic heterocycles. The molecule has 12 heavy (non-hydrogen) atoms. The Kier molecular flexibility index (Phi) is 3.13. The average Bonchev–Trinajstić information content (AvgIpc) is 2.30. The Hall–Kier alpha value is -0.0800. The first-order chi connectivity index (χ1) is 5.54. The van der Waals surface area contributed by atoms with E-state index in [9.17, 15) is 0 Å². The van der Waals surface area contributed by atoms with Crippen LogP contribution in [0.1, 0.15) is 40.5 Å². The summed E-state index contributed by atoms with van der Waals surface area (Å²) in [5.74, 6) is 0. The smallest absolute Gasteiger partial charge is 0.0250 e. The molecule has 0 radical (unpaired) electrons. The molecule has 0 saturated carbocycles. The van der Waals surface area contributed by atoms with E-state index in [4.69, 9.17) is 5.73 Å². The van der Waals surface area contributed by atoms with E-state index in [2.05, 4.69) is 32.6 Å². The molecule has 2 nitrogen and oxygen atoms in total. The van der Waals surface area contributed by atoms with Crippen LogP contribution in [0, 0.1) is 0 Å². The summed E-state index contributed by atoms with van der Waals surface area (Å²) >= 11 is 0. The predicted molar refractivity (Wildman–Crippen MR) is 53.1 cm³/mol. The molecule has 1 aliphatic heterocycles. The van der Waals surface area contributed by atoms with Gasteiger partial charge in [0.15, 0.2) is 0 Å². The lowest BCUT2D eigenvalue weighted by Gasteiger charge is -2.34. The van der Waals surface area contributed by atoms with Crippen molar-refractivity contribution in [2.75, 3.05) is 0 Å². The van der Waals surface area contributed by atoms with Crippen LogP contribution in [-0.4, -0.2) is 29.1 Å². The molecular weight excluding hydrogens is 148 g/mol. The summed E-state index contributed by atoms with van der Waals surface area (Å²) in [5.41, 5.74) is 5.95. The lowest BCUT2D eigenvalue weighted by Crippen LogP contribution is -2.47. The highest BCUT2D eigenvalue weighted by Gasteiger charge is 2.33. The maximum Gasteiger partial charge on any atom is 0.0250 e. The average molecular weight is 170 g/mol. The second-order valence-electron chi connectivity index (χ2n) is 4.39. The molecule has 0 amide bonds. The van der Waals surface area contributed by atoms with E-state index in [0.717, 1.165) is 6.04 Å². The molecular formula is C10H22N2. The van der Waals surface area contributed by atoms with Crippen LogP contribution in [0.2, 0.25) is 0 Å². The highest BCUT2D eigenvalue weighted by atomic mass is 15.2. The van der Waals surface area contributed by atoms with Crippen molar-refractivity contribution in [1.29, 1.82) is 0 Å². The first-order valence-electron chi connectivity index (χ1n) is 5.07. The Morgan fingerprint density at radius 1 is 1.25 bits per heavy atom. The van der Waals surface area contributed by atoms with Gasteiger partial charge in [0, 0.05) is 24.2 Å². The third-order valence-corrected chi connectivity index (χ3v) is 2.98. The van der Waals surface area contributed by atoms with Crippen molar-refractivity contribution in [2.45, 2.75) is 64.7 Å². The Bertz CT molecular complexity index is 143.